The van der Waals surface area contributed by atoms with E-state index in [-0.39, 0.29) is 5.41 Å². The van der Waals surface area contributed by atoms with E-state index in [1.807, 2.05) is 30.3 Å². The van der Waals surface area contributed by atoms with E-state index in [0.717, 1.165) is 4.90 Å². The Morgan fingerprint density at radius 1 is 0.810 bits per heavy atom. The highest BCUT2D eigenvalue weighted by atomic mass is 32.1. The van der Waals surface area contributed by atoms with Crippen molar-refractivity contribution in [2.45, 2.75) is 58.3 Å². The lowest BCUT2D eigenvalue weighted by molar-refractivity contribution is 0.590. The van der Waals surface area contributed by atoms with E-state index in [1.54, 1.807) is 0 Å². The van der Waals surface area contributed by atoms with Gasteiger partial charge in [-0.25, -0.2) is 0 Å². The van der Waals surface area contributed by atoms with Gasteiger partial charge in [-0.05, 0) is 30.0 Å². The molecule has 0 saturated carbocycles. The van der Waals surface area contributed by atoms with Crippen LogP contribution in [0.5, 0.6) is 0 Å². The molecular formula is C20H30S. The zero-order chi connectivity index (χ0) is 16.3. The molecule has 0 spiro atoms. The van der Waals surface area contributed by atoms with Crippen molar-refractivity contribution in [2.24, 2.45) is 0 Å². The minimum Gasteiger partial charge on any atom is -0.143 e. The van der Waals surface area contributed by atoms with E-state index < -0.39 is 0 Å². The number of benzene rings is 2. The van der Waals surface area contributed by atoms with Crippen LogP contribution in [-0.2, 0) is 5.41 Å². The summed E-state index contributed by atoms with van der Waals surface area (Å²) in [6, 6.07) is 18.6. The number of hydrogen-bond donors (Lipinski definition) is 1. The molecule has 0 amide bonds. The molecule has 0 atom stereocenters. The second-order valence-corrected chi connectivity index (χ2v) is 6.68. The van der Waals surface area contributed by atoms with Gasteiger partial charge in [0.05, 0.1) is 0 Å². The van der Waals surface area contributed by atoms with E-state index in [4.69, 9.17) is 0 Å². The molecule has 0 nitrogen and oxygen atoms in total. The second-order valence-electron chi connectivity index (χ2n) is 6.16. The smallest absolute Gasteiger partial charge is 0.00401 e. The van der Waals surface area contributed by atoms with Crippen molar-refractivity contribution in [1.82, 2.24) is 0 Å². The third-order valence-electron chi connectivity index (χ3n) is 2.67. The summed E-state index contributed by atoms with van der Waals surface area (Å²) in [7, 11) is 0. The van der Waals surface area contributed by atoms with Gasteiger partial charge in [-0.15, -0.1) is 12.6 Å². The summed E-state index contributed by atoms with van der Waals surface area (Å²) < 4.78 is 0. The van der Waals surface area contributed by atoms with E-state index in [1.165, 1.54) is 17.5 Å². The maximum absolute atomic E-state index is 4.23. The van der Waals surface area contributed by atoms with Gasteiger partial charge in [0.2, 0.25) is 0 Å². The minimum atomic E-state index is 0.251. The van der Waals surface area contributed by atoms with Crippen molar-refractivity contribution in [2.75, 3.05) is 0 Å². The molecule has 0 N–H and O–H groups in total. The zero-order valence-electron chi connectivity index (χ0n) is 14.4. The van der Waals surface area contributed by atoms with Crippen LogP contribution in [0, 0.1) is 6.92 Å². The lowest BCUT2D eigenvalue weighted by Gasteiger charge is -2.18. The Morgan fingerprint density at radius 2 is 1.24 bits per heavy atom. The fourth-order valence-corrected chi connectivity index (χ4v) is 1.64. The van der Waals surface area contributed by atoms with Crippen molar-refractivity contribution in [3.63, 3.8) is 0 Å². The monoisotopic (exact) mass is 302 g/mol. The Bertz CT molecular complexity index is 463. The first kappa shape index (κ1) is 19.8. The summed E-state index contributed by atoms with van der Waals surface area (Å²) in [6.07, 6.45) is 1.25. The van der Waals surface area contributed by atoms with E-state index in [9.17, 15) is 0 Å². The van der Waals surface area contributed by atoms with Crippen LogP contribution in [0.25, 0.3) is 0 Å². The summed E-state index contributed by atoms with van der Waals surface area (Å²) >= 11 is 4.23. The predicted molar refractivity (Wildman–Crippen MR) is 99.5 cm³/mol. The maximum atomic E-state index is 4.23. The highest BCUT2D eigenvalue weighted by molar-refractivity contribution is 7.80. The topological polar surface area (TPSA) is 0 Å². The molecule has 0 unspecified atom stereocenters. The SMILES string of the molecule is CC(C)(C)c1ccc(S)cc1.CCC.Cc1ccccc1. The molecular weight excluding hydrogens is 272 g/mol. The van der Waals surface area contributed by atoms with E-state index >= 15 is 0 Å². The van der Waals surface area contributed by atoms with Gasteiger partial charge in [-0.2, -0.15) is 0 Å². The van der Waals surface area contributed by atoms with Crippen LogP contribution in [0.15, 0.2) is 59.5 Å². The Hall–Kier alpha value is -1.21. The molecule has 0 heterocycles. The van der Waals surface area contributed by atoms with Crippen molar-refractivity contribution < 1.29 is 0 Å². The molecule has 0 aromatic heterocycles. The number of aryl methyl sites for hydroxylation is 1. The molecule has 1 heteroatoms. The predicted octanol–water partition coefficient (Wildman–Crippen LogP) is 6.68. The molecule has 0 aliphatic carbocycles. The third kappa shape index (κ3) is 10.2. The van der Waals surface area contributed by atoms with Crippen molar-refractivity contribution in [3.8, 4) is 0 Å². The number of rotatable bonds is 0. The molecule has 0 radical (unpaired) electrons. The van der Waals surface area contributed by atoms with Crippen LogP contribution in [0.1, 0.15) is 52.2 Å². The van der Waals surface area contributed by atoms with Crippen LogP contribution < -0.4 is 0 Å². The average molecular weight is 303 g/mol. The quantitative estimate of drug-likeness (QED) is 0.515. The van der Waals surface area contributed by atoms with E-state index in [0.29, 0.717) is 0 Å². The fourth-order valence-electron chi connectivity index (χ4n) is 1.50. The van der Waals surface area contributed by atoms with Gasteiger partial charge in [0, 0.05) is 4.90 Å². The molecule has 21 heavy (non-hydrogen) atoms. The zero-order valence-corrected chi connectivity index (χ0v) is 15.2. The van der Waals surface area contributed by atoms with Gasteiger partial charge in [0.15, 0.2) is 0 Å². The Morgan fingerprint density at radius 3 is 1.52 bits per heavy atom. The molecule has 116 valence electrons. The van der Waals surface area contributed by atoms with Gasteiger partial charge in [-0.3, -0.25) is 0 Å². The summed E-state index contributed by atoms with van der Waals surface area (Å²) in [5.74, 6) is 0. The molecule has 0 saturated heterocycles. The number of thiol groups is 1. The summed E-state index contributed by atoms with van der Waals surface area (Å²) in [5.41, 5.74) is 2.93. The van der Waals surface area contributed by atoms with Crippen LogP contribution in [0.2, 0.25) is 0 Å². The van der Waals surface area contributed by atoms with Gasteiger partial charge < -0.3 is 0 Å². The van der Waals surface area contributed by atoms with Gasteiger partial charge >= 0.3 is 0 Å². The van der Waals surface area contributed by atoms with Crippen LogP contribution >= 0.6 is 12.6 Å². The van der Waals surface area contributed by atoms with Crippen molar-refractivity contribution in [1.29, 1.82) is 0 Å². The van der Waals surface area contributed by atoms with E-state index in [2.05, 4.69) is 78.4 Å². The lowest BCUT2D eigenvalue weighted by atomic mass is 9.87. The molecule has 2 aromatic carbocycles. The minimum absolute atomic E-state index is 0.251. The van der Waals surface area contributed by atoms with Crippen LogP contribution in [0.4, 0.5) is 0 Å². The number of hydrogen-bond acceptors (Lipinski definition) is 1. The molecule has 2 aromatic rings. The van der Waals surface area contributed by atoms with Gasteiger partial charge in [0.25, 0.3) is 0 Å². The normalized spacial score (nSPS) is 9.86. The summed E-state index contributed by atoms with van der Waals surface area (Å²) in [5, 5.41) is 0. The summed E-state index contributed by atoms with van der Waals surface area (Å²) in [6.45, 7) is 13.0. The van der Waals surface area contributed by atoms with Crippen LogP contribution in [-0.4, -0.2) is 0 Å². The van der Waals surface area contributed by atoms with Crippen molar-refractivity contribution in [3.05, 3.63) is 65.7 Å². The molecule has 0 aliphatic heterocycles. The lowest BCUT2D eigenvalue weighted by Crippen LogP contribution is -2.10. The first-order chi connectivity index (χ1) is 9.81. The maximum Gasteiger partial charge on any atom is 0.00401 e. The Labute approximate surface area is 137 Å². The fraction of sp³-hybridized carbons (Fsp3) is 0.400. The highest BCUT2D eigenvalue weighted by Crippen LogP contribution is 2.22. The average Bonchev–Trinajstić information content (AvgIpc) is 2.40. The Kier molecular flexibility index (Phi) is 9.90. The molecule has 0 bridgehead atoms. The van der Waals surface area contributed by atoms with Crippen LogP contribution in [0.3, 0.4) is 0 Å². The molecule has 2 rings (SSSR count). The standard InChI is InChI=1S/C10H14S.C7H8.C3H8/c1-10(2,3)8-4-6-9(11)7-5-8;1-7-5-3-2-4-6-7;1-3-2/h4-7,11H,1-3H3;2-6H,1H3;3H2,1-2H3. The largest absolute Gasteiger partial charge is 0.143 e. The van der Waals surface area contributed by atoms with Gasteiger partial charge in [0.1, 0.15) is 0 Å². The first-order valence-electron chi connectivity index (χ1n) is 7.62. The molecule has 0 fully saturated rings. The van der Waals surface area contributed by atoms with Crippen molar-refractivity contribution >= 4 is 12.6 Å². The second kappa shape index (κ2) is 10.5. The summed E-state index contributed by atoms with van der Waals surface area (Å²) in [4.78, 5) is 1.03. The molecule has 0 aliphatic rings. The highest BCUT2D eigenvalue weighted by Gasteiger charge is 2.11. The van der Waals surface area contributed by atoms with Gasteiger partial charge in [-0.1, -0.05) is 89.1 Å². The third-order valence-corrected chi connectivity index (χ3v) is 2.97. The Balaban J connectivity index is 0.000000342. The first-order valence-corrected chi connectivity index (χ1v) is 8.07.